The number of benzene rings is 1. The third-order valence-corrected chi connectivity index (χ3v) is 2.18. The standard InChI is InChI=1S/C9H8BrFN2/c1-13-9(5-12)7-4-6(10)2-3-8(7)11/h2-4,9,13H,1H3/t9-/m0/s1. The van der Waals surface area contributed by atoms with E-state index < -0.39 is 6.04 Å². The number of rotatable bonds is 2. The summed E-state index contributed by atoms with van der Waals surface area (Å²) in [6, 6.07) is 5.90. The van der Waals surface area contributed by atoms with Gasteiger partial charge in [-0.15, -0.1) is 0 Å². The summed E-state index contributed by atoms with van der Waals surface area (Å²) in [5, 5.41) is 11.4. The Bertz CT molecular complexity index is 346. The largest absolute Gasteiger partial charge is 0.301 e. The van der Waals surface area contributed by atoms with Gasteiger partial charge in [0, 0.05) is 10.0 Å². The molecule has 0 aliphatic carbocycles. The van der Waals surface area contributed by atoms with E-state index in [-0.39, 0.29) is 5.82 Å². The summed E-state index contributed by atoms with van der Waals surface area (Å²) in [6.45, 7) is 0. The Morgan fingerprint density at radius 3 is 2.85 bits per heavy atom. The molecule has 68 valence electrons. The lowest BCUT2D eigenvalue weighted by molar-refractivity contribution is 0.585. The second-order valence-corrected chi connectivity index (χ2v) is 3.43. The summed E-state index contributed by atoms with van der Waals surface area (Å²) in [4.78, 5) is 0. The highest BCUT2D eigenvalue weighted by atomic mass is 79.9. The molecule has 1 aromatic carbocycles. The van der Waals surface area contributed by atoms with Gasteiger partial charge < -0.3 is 5.32 Å². The second-order valence-electron chi connectivity index (χ2n) is 2.52. The van der Waals surface area contributed by atoms with Crippen LogP contribution >= 0.6 is 15.9 Å². The van der Waals surface area contributed by atoms with Crippen LogP contribution in [0.15, 0.2) is 22.7 Å². The van der Waals surface area contributed by atoms with Gasteiger partial charge in [0.2, 0.25) is 0 Å². The van der Waals surface area contributed by atoms with Crippen LogP contribution in [0.2, 0.25) is 0 Å². The molecule has 0 amide bonds. The molecule has 0 saturated carbocycles. The minimum Gasteiger partial charge on any atom is -0.301 e. The van der Waals surface area contributed by atoms with Gasteiger partial charge in [-0.1, -0.05) is 15.9 Å². The van der Waals surface area contributed by atoms with Gasteiger partial charge in [-0.25, -0.2) is 4.39 Å². The lowest BCUT2D eigenvalue weighted by Gasteiger charge is -2.08. The van der Waals surface area contributed by atoms with E-state index in [2.05, 4.69) is 21.2 Å². The third-order valence-electron chi connectivity index (χ3n) is 1.69. The zero-order valence-electron chi connectivity index (χ0n) is 7.01. The van der Waals surface area contributed by atoms with Gasteiger partial charge in [0.25, 0.3) is 0 Å². The predicted octanol–water partition coefficient (Wildman–Crippen LogP) is 2.37. The van der Waals surface area contributed by atoms with Crippen LogP contribution in [-0.4, -0.2) is 7.05 Å². The highest BCUT2D eigenvalue weighted by Gasteiger charge is 2.12. The topological polar surface area (TPSA) is 35.8 Å². The fourth-order valence-corrected chi connectivity index (χ4v) is 1.40. The monoisotopic (exact) mass is 242 g/mol. The normalized spacial score (nSPS) is 12.2. The fourth-order valence-electron chi connectivity index (χ4n) is 1.03. The molecule has 1 rings (SSSR count). The molecule has 0 bridgehead atoms. The minimum absolute atomic E-state index is 0.361. The number of nitrogens with one attached hydrogen (secondary N) is 1. The number of hydrogen-bond donors (Lipinski definition) is 1. The predicted molar refractivity (Wildman–Crippen MR) is 51.5 cm³/mol. The number of nitrogens with zero attached hydrogens (tertiary/aromatic N) is 1. The van der Waals surface area contributed by atoms with Gasteiger partial charge >= 0.3 is 0 Å². The molecule has 0 heterocycles. The maximum absolute atomic E-state index is 13.2. The quantitative estimate of drug-likeness (QED) is 0.865. The van der Waals surface area contributed by atoms with Crippen molar-refractivity contribution in [3.8, 4) is 6.07 Å². The summed E-state index contributed by atoms with van der Waals surface area (Å²) in [7, 11) is 1.62. The Hall–Kier alpha value is -0.920. The van der Waals surface area contributed by atoms with Crippen molar-refractivity contribution in [2.75, 3.05) is 7.05 Å². The van der Waals surface area contributed by atoms with Crippen LogP contribution in [0, 0.1) is 17.1 Å². The Morgan fingerprint density at radius 1 is 1.62 bits per heavy atom. The van der Waals surface area contributed by atoms with Crippen molar-refractivity contribution in [3.63, 3.8) is 0 Å². The smallest absolute Gasteiger partial charge is 0.129 e. The van der Waals surface area contributed by atoms with Crippen molar-refractivity contribution in [3.05, 3.63) is 34.1 Å². The summed E-state index contributed by atoms with van der Waals surface area (Å²) in [5.41, 5.74) is 0.361. The van der Waals surface area contributed by atoms with E-state index in [1.807, 2.05) is 6.07 Å². The Kier molecular flexibility index (Phi) is 3.40. The van der Waals surface area contributed by atoms with Crippen molar-refractivity contribution >= 4 is 15.9 Å². The van der Waals surface area contributed by atoms with Crippen LogP contribution in [0.1, 0.15) is 11.6 Å². The van der Waals surface area contributed by atoms with E-state index in [9.17, 15) is 4.39 Å². The lowest BCUT2D eigenvalue weighted by atomic mass is 10.1. The molecular formula is C9H8BrFN2. The van der Waals surface area contributed by atoms with Crippen molar-refractivity contribution in [1.82, 2.24) is 5.32 Å². The molecule has 4 heteroatoms. The molecule has 0 fully saturated rings. The van der Waals surface area contributed by atoms with Gasteiger partial charge in [0.15, 0.2) is 0 Å². The zero-order chi connectivity index (χ0) is 9.84. The maximum atomic E-state index is 13.2. The molecule has 1 N–H and O–H groups in total. The average molecular weight is 243 g/mol. The molecule has 0 aromatic heterocycles. The second kappa shape index (κ2) is 4.35. The first-order chi connectivity index (χ1) is 6.19. The summed E-state index contributed by atoms with van der Waals surface area (Å²) >= 11 is 3.22. The Morgan fingerprint density at radius 2 is 2.31 bits per heavy atom. The van der Waals surface area contributed by atoms with E-state index >= 15 is 0 Å². The fraction of sp³-hybridized carbons (Fsp3) is 0.222. The van der Waals surface area contributed by atoms with Crippen LogP contribution in [0.4, 0.5) is 4.39 Å². The van der Waals surface area contributed by atoms with Crippen molar-refractivity contribution in [2.45, 2.75) is 6.04 Å². The van der Waals surface area contributed by atoms with Crippen molar-refractivity contribution in [1.29, 1.82) is 5.26 Å². The third kappa shape index (κ3) is 2.27. The summed E-state index contributed by atoms with van der Waals surface area (Å²) < 4.78 is 13.9. The SMILES string of the molecule is CN[C@@H](C#N)c1cc(Br)ccc1F. The number of hydrogen-bond acceptors (Lipinski definition) is 2. The van der Waals surface area contributed by atoms with Gasteiger partial charge in [0.1, 0.15) is 11.9 Å². The maximum Gasteiger partial charge on any atom is 0.129 e. The molecule has 0 aliphatic rings. The molecule has 0 radical (unpaired) electrons. The van der Waals surface area contributed by atoms with Crippen LogP contribution in [0.25, 0.3) is 0 Å². The molecule has 0 aliphatic heterocycles. The van der Waals surface area contributed by atoms with E-state index in [0.29, 0.717) is 5.56 Å². The summed E-state index contributed by atoms with van der Waals surface area (Å²) in [6.07, 6.45) is 0. The van der Waals surface area contributed by atoms with E-state index in [0.717, 1.165) is 4.47 Å². The average Bonchev–Trinajstić information content (AvgIpc) is 2.13. The highest BCUT2D eigenvalue weighted by Crippen LogP contribution is 2.20. The molecule has 2 nitrogen and oxygen atoms in total. The first-order valence-electron chi connectivity index (χ1n) is 3.71. The molecule has 1 atom stereocenters. The van der Waals surface area contributed by atoms with Crippen LogP contribution in [0.5, 0.6) is 0 Å². The first kappa shape index (κ1) is 10.2. The molecule has 0 spiro atoms. The Labute approximate surface area is 84.5 Å². The zero-order valence-corrected chi connectivity index (χ0v) is 8.60. The van der Waals surface area contributed by atoms with Crippen molar-refractivity contribution in [2.24, 2.45) is 0 Å². The van der Waals surface area contributed by atoms with E-state index in [4.69, 9.17) is 5.26 Å². The van der Waals surface area contributed by atoms with Gasteiger partial charge in [-0.3, -0.25) is 0 Å². The van der Waals surface area contributed by atoms with Crippen LogP contribution in [-0.2, 0) is 0 Å². The van der Waals surface area contributed by atoms with Gasteiger partial charge in [0.05, 0.1) is 6.07 Å². The Balaban J connectivity index is 3.13. The highest BCUT2D eigenvalue weighted by molar-refractivity contribution is 9.10. The van der Waals surface area contributed by atoms with E-state index in [1.165, 1.54) is 6.07 Å². The minimum atomic E-state index is -0.600. The molecule has 0 saturated heterocycles. The molecule has 1 aromatic rings. The first-order valence-corrected chi connectivity index (χ1v) is 4.50. The van der Waals surface area contributed by atoms with E-state index in [1.54, 1.807) is 19.2 Å². The molecule has 13 heavy (non-hydrogen) atoms. The van der Waals surface area contributed by atoms with Crippen LogP contribution in [0.3, 0.4) is 0 Å². The lowest BCUT2D eigenvalue weighted by Crippen LogP contribution is -2.15. The van der Waals surface area contributed by atoms with Gasteiger partial charge in [-0.2, -0.15) is 5.26 Å². The molecular weight excluding hydrogens is 235 g/mol. The number of halogens is 2. The molecule has 0 unspecified atom stereocenters. The van der Waals surface area contributed by atoms with Crippen molar-refractivity contribution < 1.29 is 4.39 Å². The number of nitriles is 1. The summed E-state index contributed by atoms with van der Waals surface area (Å²) in [5.74, 6) is -0.371. The van der Waals surface area contributed by atoms with Gasteiger partial charge in [-0.05, 0) is 25.2 Å². The van der Waals surface area contributed by atoms with Crippen LogP contribution < -0.4 is 5.32 Å².